The molecule has 2 rings (SSSR count). The molecule has 0 aliphatic heterocycles. The molecule has 0 fully saturated rings. The average Bonchev–Trinajstić information content (AvgIpc) is 2.26. The van der Waals surface area contributed by atoms with Crippen LogP contribution in [0.1, 0.15) is 11.1 Å². The van der Waals surface area contributed by atoms with Gasteiger partial charge in [-0.3, -0.25) is 9.78 Å². The van der Waals surface area contributed by atoms with Crippen LogP contribution in [0, 0.1) is 6.92 Å². The quantitative estimate of drug-likeness (QED) is 0.829. The molecule has 0 aromatic carbocycles. The molecule has 100 valence electrons. The van der Waals surface area contributed by atoms with Gasteiger partial charge in [0.15, 0.2) is 11.4 Å². The van der Waals surface area contributed by atoms with Crippen molar-refractivity contribution < 1.29 is 18.3 Å². The first kappa shape index (κ1) is 13.1. The number of aryl methyl sites for hydroxylation is 1. The number of hydrogen-bond donors (Lipinski definition) is 2. The van der Waals surface area contributed by atoms with E-state index in [0.717, 1.165) is 5.56 Å². The number of hydrogen-bond acceptors (Lipinski definition) is 4. The van der Waals surface area contributed by atoms with Crippen molar-refractivity contribution in [3.8, 4) is 17.4 Å². The van der Waals surface area contributed by atoms with Gasteiger partial charge >= 0.3 is 6.18 Å². The van der Waals surface area contributed by atoms with Crippen LogP contribution in [-0.2, 0) is 6.18 Å². The molecule has 0 saturated carbocycles. The molecule has 5 nitrogen and oxygen atoms in total. The summed E-state index contributed by atoms with van der Waals surface area (Å²) in [6.45, 7) is 1.77. The highest BCUT2D eigenvalue weighted by Gasteiger charge is 2.38. The summed E-state index contributed by atoms with van der Waals surface area (Å²) in [5.41, 5.74) is -2.19. The Morgan fingerprint density at radius 3 is 2.47 bits per heavy atom. The summed E-state index contributed by atoms with van der Waals surface area (Å²) in [4.78, 5) is 20.5. The molecule has 19 heavy (non-hydrogen) atoms. The van der Waals surface area contributed by atoms with Crippen LogP contribution >= 0.6 is 0 Å². The SMILES string of the molecule is Cc1ccc(-c2nc(O)c(C(F)(F)F)c(=O)[nH]2)nc1. The fraction of sp³-hybridized carbons (Fsp3) is 0.182. The minimum atomic E-state index is -4.97. The van der Waals surface area contributed by atoms with E-state index in [1.54, 1.807) is 13.0 Å². The Labute approximate surface area is 104 Å². The van der Waals surface area contributed by atoms with Gasteiger partial charge in [-0.1, -0.05) is 6.07 Å². The maximum atomic E-state index is 12.5. The molecule has 0 saturated heterocycles. The lowest BCUT2D eigenvalue weighted by Crippen LogP contribution is -2.23. The Balaban J connectivity index is 2.58. The van der Waals surface area contributed by atoms with Gasteiger partial charge in [0.25, 0.3) is 5.56 Å². The molecule has 0 unspecified atom stereocenters. The fourth-order valence-electron chi connectivity index (χ4n) is 1.45. The number of aromatic hydroxyl groups is 1. The molecule has 8 heteroatoms. The van der Waals surface area contributed by atoms with E-state index in [0.29, 0.717) is 0 Å². The van der Waals surface area contributed by atoms with Gasteiger partial charge in [0.2, 0.25) is 5.88 Å². The first-order valence-electron chi connectivity index (χ1n) is 5.12. The third-order valence-electron chi connectivity index (χ3n) is 2.34. The number of nitrogens with zero attached hydrogens (tertiary/aromatic N) is 2. The molecule has 2 N–H and O–H groups in total. The Morgan fingerprint density at radius 2 is 2.00 bits per heavy atom. The zero-order chi connectivity index (χ0) is 14.2. The van der Waals surface area contributed by atoms with E-state index in [9.17, 15) is 23.1 Å². The Bertz CT molecular complexity index is 662. The number of pyridine rings is 1. The topological polar surface area (TPSA) is 78.9 Å². The predicted octanol–water partition coefficient (Wildman–Crippen LogP) is 1.86. The minimum absolute atomic E-state index is 0.159. The van der Waals surface area contributed by atoms with Gasteiger partial charge in [0.05, 0.1) is 0 Å². The predicted molar refractivity (Wildman–Crippen MR) is 59.5 cm³/mol. The number of alkyl halides is 3. The third-order valence-corrected chi connectivity index (χ3v) is 2.34. The third kappa shape index (κ3) is 2.56. The summed E-state index contributed by atoms with van der Waals surface area (Å²) in [7, 11) is 0. The van der Waals surface area contributed by atoms with Crippen LogP contribution in [0.25, 0.3) is 11.5 Å². The van der Waals surface area contributed by atoms with Gasteiger partial charge in [0, 0.05) is 6.20 Å². The summed E-state index contributed by atoms with van der Waals surface area (Å²) in [5, 5.41) is 9.24. The Hall–Kier alpha value is -2.38. The second-order valence-electron chi connectivity index (χ2n) is 3.83. The molecule has 2 aromatic rings. The van der Waals surface area contributed by atoms with E-state index in [2.05, 4.69) is 9.97 Å². The molecule has 0 radical (unpaired) electrons. The van der Waals surface area contributed by atoms with Crippen LogP contribution < -0.4 is 5.56 Å². The zero-order valence-electron chi connectivity index (χ0n) is 9.62. The lowest BCUT2D eigenvalue weighted by Gasteiger charge is -2.08. The number of H-pyrrole nitrogens is 1. The monoisotopic (exact) mass is 271 g/mol. The fourth-order valence-corrected chi connectivity index (χ4v) is 1.45. The summed E-state index contributed by atoms with van der Waals surface area (Å²) < 4.78 is 37.4. The van der Waals surface area contributed by atoms with Gasteiger partial charge in [-0.2, -0.15) is 18.2 Å². The van der Waals surface area contributed by atoms with E-state index in [1.165, 1.54) is 12.3 Å². The van der Waals surface area contributed by atoms with E-state index >= 15 is 0 Å². The van der Waals surface area contributed by atoms with Crippen molar-refractivity contribution in [1.82, 2.24) is 15.0 Å². The van der Waals surface area contributed by atoms with Crippen molar-refractivity contribution in [2.24, 2.45) is 0 Å². The molecular formula is C11H8F3N3O2. The maximum Gasteiger partial charge on any atom is 0.426 e. The van der Waals surface area contributed by atoms with Crippen molar-refractivity contribution in [2.45, 2.75) is 13.1 Å². The maximum absolute atomic E-state index is 12.5. The van der Waals surface area contributed by atoms with Crippen LogP contribution in [0.15, 0.2) is 23.1 Å². The number of halogens is 3. The van der Waals surface area contributed by atoms with Gasteiger partial charge in [-0.25, -0.2) is 0 Å². The second kappa shape index (κ2) is 4.38. The zero-order valence-corrected chi connectivity index (χ0v) is 9.62. The molecule has 0 amide bonds. The molecule has 2 aromatic heterocycles. The number of aromatic nitrogens is 3. The first-order chi connectivity index (χ1) is 8.79. The standard InChI is InChI=1S/C11H8F3N3O2/c1-5-2-3-6(15-4-5)8-16-9(18)7(10(19)17-8)11(12,13)14/h2-4H,1H3,(H2,16,17,18,19). The lowest BCUT2D eigenvalue weighted by atomic mass is 10.2. The van der Waals surface area contributed by atoms with Crippen molar-refractivity contribution >= 4 is 0 Å². The molecular weight excluding hydrogens is 263 g/mol. The van der Waals surface area contributed by atoms with E-state index in [4.69, 9.17) is 0 Å². The van der Waals surface area contributed by atoms with Gasteiger partial charge < -0.3 is 10.1 Å². The summed E-state index contributed by atoms with van der Waals surface area (Å²) in [6.07, 6.45) is -3.51. The molecule has 0 aliphatic carbocycles. The van der Waals surface area contributed by atoms with Crippen LogP contribution in [0.4, 0.5) is 13.2 Å². The lowest BCUT2D eigenvalue weighted by molar-refractivity contribution is -0.140. The van der Waals surface area contributed by atoms with Crippen molar-refractivity contribution in [1.29, 1.82) is 0 Å². The largest absolute Gasteiger partial charge is 0.493 e. The van der Waals surface area contributed by atoms with Crippen molar-refractivity contribution in [2.75, 3.05) is 0 Å². The Morgan fingerprint density at radius 1 is 1.32 bits per heavy atom. The highest BCUT2D eigenvalue weighted by atomic mass is 19.4. The Kier molecular flexibility index (Phi) is 3.01. The van der Waals surface area contributed by atoms with Gasteiger partial charge in [-0.15, -0.1) is 0 Å². The van der Waals surface area contributed by atoms with Crippen molar-refractivity contribution in [3.05, 3.63) is 39.8 Å². The smallest absolute Gasteiger partial charge is 0.426 e. The van der Waals surface area contributed by atoms with Crippen LogP contribution in [0.2, 0.25) is 0 Å². The summed E-state index contributed by atoms with van der Waals surface area (Å²) in [6, 6.07) is 3.12. The van der Waals surface area contributed by atoms with Gasteiger partial charge in [-0.05, 0) is 18.6 Å². The van der Waals surface area contributed by atoms with Crippen molar-refractivity contribution in [3.63, 3.8) is 0 Å². The number of nitrogens with one attached hydrogen (secondary N) is 1. The molecule has 0 bridgehead atoms. The van der Waals surface area contributed by atoms with E-state index in [-0.39, 0.29) is 11.5 Å². The minimum Gasteiger partial charge on any atom is -0.493 e. The molecule has 0 atom stereocenters. The average molecular weight is 271 g/mol. The number of aromatic amines is 1. The molecule has 2 heterocycles. The first-order valence-corrected chi connectivity index (χ1v) is 5.12. The van der Waals surface area contributed by atoms with Gasteiger partial charge in [0.1, 0.15) is 5.69 Å². The molecule has 0 aliphatic rings. The van der Waals surface area contributed by atoms with Crippen LogP contribution in [-0.4, -0.2) is 20.1 Å². The number of rotatable bonds is 1. The highest BCUT2D eigenvalue weighted by Crippen LogP contribution is 2.32. The van der Waals surface area contributed by atoms with E-state index in [1.807, 2.05) is 4.98 Å². The second-order valence-corrected chi connectivity index (χ2v) is 3.83. The summed E-state index contributed by atoms with van der Waals surface area (Å²) in [5.74, 6) is -1.59. The van der Waals surface area contributed by atoms with Crippen LogP contribution in [0.3, 0.4) is 0 Å². The highest BCUT2D eigenvalue weighted by molar-refractivity contribution is 5.50. The molecule has 0 spiro atoms. The summed E-state index contributed by atoms with van der Waals surface area (Å²) >= 11 is 0. The van der Waals surface area contributed by atoms with Crippen LogP contribution in [0.5, 0.6) is 5.88 Å². The van der Waals surface area contributed by atoms with E-state index < -0.39 is 23.2 Å². The normalized spacial score (nSPS) is 11.6.